The lowest BCUT2D eigenvalue weighted by Gasteiger charge is -2.55. The van der Waals surface area contributed by atoms with Gasteiger partial charge in [-0.05, 0) is 35.7 Å². The average molecular weight is 587 g/mol. The fourth-order valence-corrected chi connectivity index (χ4v) is 6.52. The second-order valence-electron chi connectivity index (χ2n) is 10.4. The number of hydrogen-bond donors (Lipinski definition) is 4. The van der Waals surface area contributed by atoms with E-state index >= 15 is 0 Å². The number of hydrogen-bond acceptors (Lipinski definition) is 9. The Bertz CT molecular complexity index is 1430. The molecular formula is C33H38N4O6. The highest BCUT2D eigenvalue weighted by atomic mass is 16.7. The number of aromatic nitrogens is 2. The molecule has 5 rings (SSSR count). The minimum atomic E-state index is -2.04. The van der Waals surface area contributed by atoms with Crippen LogP contribution in [0.4, 0.5) is 5.82 Å². The van der Waals surface area contributed by atoms with E-state index in [9.17, 15) is 15.0 Å². The number of benzene rings is 3. The van der Waals surface area contributed by atoms with Gasteiger partial charge in [0.05, 0.1) is 12.0 Å². The molecule has 43 heavy (non-hydrogen) atoms. The molecule has 3 atom stereocenters. The van der Waals surface area contributed by atoms with Gasteiger partial charge in [0.15, 0.2) is 0 Å². The highest BCUT2D eigenvalue weighted by molar-refractivity contribution is 5.55. The maximum Gasteiger partial charge on any atom is 0.352 e. The molecule has 0 spiro atoms. The van der Waals surface area contributed by atoms with Crippen molar-refractivity contribution in [2.45, 2.75) is 35.6 Å². The van der Waals surface area contributed by atoms with Crippen molar-refractivity contribution in [1.29, 1.82) is 0 Å². The van der Waals surface area contributed by atoms with Crippen LogP contribution in [0.15, 0.2) is 108 Å². The molecule has 0 bridgehead atoms. The molecule has 5 N–H and O–H groups in total. The Morgan fingerprint density at radius 3 is 1.86 bits per heavy atom. The smallest absolute Gasteiger partial charge is 0.352 e. The van der Waals surface area contributed by atoms with Crippen LogP contribution in [-0.4, -0.2) is 71.7 Å². The van der Waals surface area contributed by atoms with E-state index in [2.05, 4.69) is 10.3 Å². The van der Waals surface area contributed by atoms with Crippen molar-refractivity contribution in [3.05, 3.63) is 130 Å². The molecule has 0 unspecified atom stereocenters. The van der Waals surface area contributed by atoms with Gasteiger partial charge in [0.25, 0.3) is 0 Å². The van der Waals surface area contributed by atoms with Gasteiger partial charge in [-0.15, -0.1) is 0 Å². The lowest BCUT2D eigenvalue weighted by atomic mass is 9.59. The summed E-state index contributed by atoms with van der Waals surface area (Å²) in [5.74, 6) is -1.69. The fourth-order valence-electron chi connectivity index (χ4n) is 6.52. The van der Waals surface area contributed by atoms with Crippen molar-refractivity contribution in [2.75, 3.05) is 39.2 Å². The number of aliphatic hydroxyl groups excluding tert-OH is 2. The average Bonchev–Trinajstić information content (AvgIpc) is 3.31. The van der Waals surface area contributed by atoms with Crippen LogP contribution < -0.4 is 16.7 Å². The normalized spacial score (nSPS) is 21.5. The minimum absolute atomic E-state index is 0.354. The van der Waals surface area contributed by atoms with Crippen molar-refractivity contribution < 1.29 is 24.4 Å². The zero-order chi connectivity index (χ0) is 30.5. The van der Waals surface area contributed by atoms with E-state index in [0.717, 1.165) is 0 Å². The summed E-state index contributed by atoms with van der Waals surface area (Å²) < 4.78 is 20.5. The number of aliphatic hydroxyl groups is 2. The Kier molecular flexibility index (Phi) is 9.07. The van der Waals surface area contributed by atoms with Gasteiger partial charge in [-0.1, -0.05) is 91.0 Å². The molecule has 0 amide bonds. The van der Waals surface area contributed by atoms with E-state index in [1.807, 2.05) is 91.0 Å². The van der Waals surface area contributed by atoms with Gasteiger partial charge in [0.2, 0.25) is 11.5 Å². The van der Waals surface area contributed by atoms with E-state index in [1.165, 1.54) is 18.8 Å². The molecule has 10 heteroatoms. The maximum atomic E-state index is 14.3. The molecule has 3 aromatic carbocycles. The minimum Gasteiger partial charge on any atom is -0.394 e. The summed E-state index contributed by atoms with van der Waals surface area (Å²) in [5, 5.41) is 25.6. The third-order valence-corrected chi connectivity index (χ3v) is 8.28. The van der Waals surface area contributed by atoms with E-state index in [4.69, 9.17) is 19.9 Å². The van der Waals surface area contributed by atoms with E-state index in [0.29, 0.717) is 42.0 Å². The van der Waals surface area contributed by atoms with Crippen LogP contribution in [0.3, 0.4) is 0 Å². The Morgan fingerprint density at radius 1 is 0.930 bits per heavy atom. The Morgan fingerprint density at radius 2 is 1.44 bits per heavy atom. The lowest BCUT2D eigenvalue weighted by molar-refractivity contribution is -0.339. The molecule has 1 saturated heterocycles. The zero-order valence-corrected chi connectivity index (χ0v) is 24.3. The van der Waals surface area contributed by atoms with Crippen molar-refractivity contribution in [1.82, 2.24) is 9.55 Å². The van der Waals surface area contributed by atoms with Gasteiger partial charge >= 0.3 is 5.69 Å². The van der Waals surface area contributed by atoms with E-state index in [-0.39, 0.29) is 0 Å². The second-order valence-corrected chi connectivity index (χ2v) is 10.4. The van der Waals surface area contributed by atoms with Gasteiger partial charge < -0.3 is 35.5 Å². The first kappa shape index (κ1) is 30.6. The van der Waals surface area contributed by atoms with Crippen LogP contribution in [0.25, 0.3) is 0 Å². The highest BCUT2D eigenvalue weighted by Crippen LogP contribution is 2.61. The first-order valence-corrected chi connectivity index (χ1v) is 14.2. The molecule has 0 radical (unpaired) electrons. The van der Waals surface area contributed by atoms with Crippen molar-refractivity contribution in [3.8, 4) is 0 Å². The summed E-state index contributed by atoms with van der Waals surface area (Å²) in [6.07, 6.45) is -0.484. The monoisotopic (exact) mass is 586 g/mol. The van der Waals surface area contributed by atoms with Crippen LogP contribution in [0.1, 0.15) is 23.1 Å². The van der Waals surface area contributed by atoms with Crippen molar-refractivity contribution in [3.63, 3.8) is 0 Å². The van der Waals surface area contributed by atoms with E-state index < -0.39 is 41.4 Å². The van der Waals surface area contributed by atoms with Crippen LogP contribution in [0, 0.1) is 0 Å². The quantitative estimate of drug-likeness (QED) is 0.112. The summed E-state index contributed by atoms with van der Waals surface area (Å²) in [6.45, 7) is 0.439. The molecule has 1 aliphatic heterocycles. The van der Waals surface area contributed by atoms with Crippen molar-refractivity contribution in [2.24, 2.45) is 5.73 Å². The number of nitrogens with one attached hydrogen (secondary N) is 1. The third-order valence-electron chi connectivity index (χ3n) is 8.28. The molecule has 0 saturated carbocycles. The molecule has 226 valence electrons. The van der Waals surface area contributed by atoms with Gasteiger partial charge in [-0.25, -0.2) is 4.79 Å². The molecular weight excluding hydrogens is 548 g/mol. The first-order valence-electron chi connectivity index (χ1n) is 14.2. The SMILES string of the molecule is COC1(OC)[C@H](O)[C@@H](CO)O[C@]1(n1ccc(NCCCN)nc1=O)C(c1ccccc1)(c1ccccc1)c1ccccc1. The molecule has 1 aromatic heterocycles. The molecule has 0 aliphatic carbocycles. The Balaban J connectivity index is 1.99. The summed E-state index contributed by atoms with van der Waals surface area (Å²) in [7, 11) is 2.77. The van der Waals surface area contributed by atoms with E-state index in [1.54, 1.807) is 12.3 Å². The highest BCUT2D eigenvalue weighted by Gasteiger charge is 2.78. The second kappa shape index (κ2) is 12.8. The molecule has 4 aromatic rings. The maximum absolute atomic E-state index is 14.3. The van der Waals surface area contributed by atoms with Crippen molar-refractivity contribution >= 4 is 5.82 Å². The summed E-state index contributed by atoms with van der Waals surface area (Å²) in [6, 6.07) is 30.3. The number of ether oxygens (including phenoxy) is 3. The number of nitrogens with two attached hydrogens (primary N) is 1. The number of methoxy groups -OCH3 is 2. The Hall–Kier alpha value is -3.90. The lowest BCUT2D eigenvalue weighted by Crippen LogP contribution is -2.71. The standard InChI is InChI=1S/C33H38N4O6/c1-41-32(42-2)29(39)27(23-38)43-33(32,37-22-19-28(36-30(37)40)35-21-12-20-34)31(24-13-6-3-7-14-24,25-15-8-4-9-16-25)26-17-10-5-11-18-26/h3-11,13-19,22,27,29,38-39H,12,20-21,23,34H2,1-2H3,(H,35,36,40)/t27-,29-,33-/m1/s1. The van der Waals surface area contributed by atoms with Crippen LogP contribution in [0.2, 0.25) is 0 Å². The van der Waals surface area contributed by atoms with Gasteiger partial charge in [0, 0.05) is 27.0 Å². The van der Waals surface area contributed by atoms with Gasteiger partial charge in [-0.3, -0.25) is 4.57 Å². The topological polar surface area (TPSA) is 141 Å². The molecule has 1 fully saturated rings. The van der Waals surface area contributed by atoms with Gasteiger partial charge in [0.1, 0.15) is 18.0 Å². The summed E-state index contributed by atoms with van der Waals surface area (Å²) in [5.41, 5.74) is 3.67. The zero-order valence-electron chi connectivity index (χ0n) is 24.3. The number of nitrogens with zero attached hydrogens (tertiary/aromatic N) is 2. The largest absolute Gasteiger partial charge is 0.394 e. The van der Waals surface area contributed by atoms with Gasteiger partial charge in [-0.2, -0.15) is 4.98 Å². The summed E-state index contributed by atoms with van der Waals surface area (Å²) >= 11 is 0. The van der Waals surface area contributed by atoms with Crippen LogP contribution in [-0.2, 0) is 25.4 Å². The van der Waals surface area contributed by atoms with Crippen LogP contribution >= 0.6 is 0 Å². The molecule has 10 nitrogen and oxygen atoms in total. The van der Waals surface area contributed by atoms with Crippen LogP contribution in [0.5, 0.6) is 0 Å². The predicted octanol–water partition coefficient (Wildman–Crippen LogP) is 2.43. The molecule has 1 aliphatic rings. The fraction of sp³-hybridized carbons (Fsp3) is 0.333. The third kappa shape index (κ3) is 4.67. The summed E-state index contributed by atoms with van der Waals surface area (Å²) in [4.78, 5) is 18.6. The molecule has 2 heterocycles. The number of anilines is 1. The predicted molar refractivity (Wildman–Crippen MR) is 163 cm³/mol. The first-order chi connectivity index (χ1) is 21.0. The number of rotatable bonds is 12. The Labute approximate surface area is 250 Å².